The predicted molar refractivity (Wildman–Crippen MR) is 144 cm³/mol. The molecule has 38 heavy (non-hydrogen) atoms. The van der Waals surface area contributed by atoms with E-state index in [1.54, 1.807) is 67.6 Å². The lowest BCUT2D eigenvalue weighted by molar-refractivity contribution is -0.132. The molecule has 4 rings (SSSR count). The molecule has 0 spiro atoms. The second-order valence-electron chi connectivity index (χ2n) is 8.63. The van der Waals surface area contributed by atoms with Crippen LogP contribution in [0.25, 0.3) is 5.76 Å². The maximum Gasteiger partial charge on any atom is 0.300 e. The molecule has 0 aliphatic carbocycles. The number of aliphatic hydroxyl groups is 1. The molecular formula is C30H31NO7. The largest absolute Gasteiger partial charge is 0.507 e. The summed E-state index contributed by atoms with van der Waals surface area (Å²) in [6.45, 7) is 6.93. The van der Waals surface area contributed by atoms with Crippen LogP contribution in [0.15, 0.2) is 72.3 Å². The normalized spacial score (nSPS) is 16.5. The molecule has 1 heterocycles. The lowest BCUT2D eigenvalue weighted by Gasteiger charge is -2.26. The summed E-state index contributed by atoms with van der Waals surface area (Å²) in [5.41, 5.74) is 1.20. The Hall–Kier alpha value is -4.46. The number of carbonyl (C=O) groups is 2. The summed E-state index contributed by atoms with van der Waals surface area (Å²) in [5.74, 6) is -0.646. The van der Waals surface area contributed by atoms with Gasteiger partial charge in [0.2, 0.25) is 0 Å². The van der Waals surface area contributed by atoms with Gasteiger partial charge in [0.25, 0.3) is 11.7 Å². The molecule has 1 fully saturated rings. The third kappa shape index (κ3) is 5.29. The van der Waals surface area contributed by atoms with Crippen LogP contribution in [0.5, 0.6) is 23.0 Å². The number of hydrogen-bond donors (Lipinski definition) is 2. The Morgan fingerprint density at radius 2 is 1.61 bits per heavy atom. The van der Waals surface area contributed by atoms with E-state index in [0.29, 0.717) is 48.1 Å². The number of nitrogens with zero attached hydrogens (tertiary/aromatic N) is 1. The molecule has 0 saturated carbocycles. The number of rotatable bonds is 10. The Balaban J connectivity index is 1.89. The van der Waals surface area contributed by atoms with Gasteiger partial charge in [0.15, 0.2) is 11.5 Å². The zero-order valence-corrected chi connectivity index (χ0v) is 21.6. The van der Waals surface area contributed by atoms with Crippen LogP contribution < -0.4 is 19.1 Å². The Morgan fingerprint density at radius 3 is 2.29 bits per heavy atom. The van der Waals surface area contributed by atoms with Gasteiger partial charge in [-0.1, -0.05) is 25.1 Å². The van der Waals surface area contributed by atoms with Gasteiger partial charge in [0, 0.05) is 11.3 Å². The lowest BCUT2D eigenvalue weighted by Crippen LogP contribution is -2.29. The van der Waals surface area contributed by atoms with E-state index in [-0.39, 0.29) is 22.8 Å². The Labute approximate surface area is 221 Å². The third-order valence-electron chi connectivity index (χ3n) is 6.05. The summed E-state index contributed by atoms with van der Waals surface area (Å²) >= 11 is 0. The molecule has 2 N–H and O–H groups in total. The maximum atomic E-state index is 13.4. The smallest absolute Gasteiger partial charge is 0.300 e. The van der Waals surface area contributed by atoms with E-state index in [2.05, 4.69) is 0 Å². The van der Waals surface area contributed by atoms with Crippen molar-refractivity contribution in [3.63, 3.8) is 0 Å². The highest BCUT2D eigenvalue weighted by atomic mass is 16.5. The number of amides is 1. The highest BCUT2D eigenvalue weighted by Gasteiger charge is 2.47. The van der Waals surface area contributed by atoms with Crippen LogP contribution in [-0.2, 0) is 9.59 Å². The zero-order valence-electron chi connectivity index (χ0n) is 21.6. The number of anilines is 1. The van der Waals surface area contributed by atoms with Crippen molar-refractivity contribution in [1.82, 2.24) is 0 Å². The van der Waals surface area contributed by atoms with E-state index in [1.807, 2.05) is 13.8 Å². The van der Waals surface area contributed by atoms with Gasteiger partial charge in [-0.3, -0.25) is 14.5 Å². The number of Topliss-reactive ketones (excluding diaryl/α,β-unsaturated/α-hetero) is 1. The third-order valence-corrected chi connectivity index (χ3v) is 6.05. The molecule has 0 radical (unpaired) electrons. The molecule has 198 valence electrons. The molecule has 3 aromatic rings. The first kappa shape index (κ1) is 26.6. The van der Waals surface area contributed by atoms with Crippen LogP contribution in [0.1, 0.15) is 44.4 Å². The number of ether oxygens (including phenoxy) is 3. The summed E-state index contributed by atoms with van der Waals surface area (Å²) in [6, 6.07) is 17.2. The van der Waals surface area contributed by atoms with Gasteiger partial charge in [-0.2, -0.15) is 0 Å². The molecular weight excluding hydrogens is 486 g/mol. The molecule has 1 aliphatic heterocycles. The monoisotopic (exact) mass is 517 g/mol. The maximum absolute atomic E-state index is 13.4. The lowest BCUT2D eigenvalue weighted by atomic mass is 9.94. The molecule has 0 aromatic heterocycles. The van der Waals surface area contributed by atoms with Crippen LogP contribution in [0, 0.1) is 0 Å². The number of aliphatic hydroxyl groups excluding tert-OH is 1. The fourth-order valence-corrected chi connectivity index (χ4v) is 4.36. The topological polar surface area (TPSA) is 106 Å². The molecule has 1 aliphatic rings. The molecule has 1 saturated heterocycles. The quantitative estimate of drug-likeness (QED) is 0.205. The van der Waals surface area contributed by atoms with Gasteiger partial charge < -0.3 is 24.4 Å². The standard InChI is InChI=1S/C30H31NO7/c1-4-16-38-23-9-7-8-20(17-23)28(33)26-27(19-10-15-24(32)25(18-19)37-6-3)31(30(35)29(26)34)21-11-13-22(14-12-21)36-5-2/h7-15,17-18,27,32-33H,4-6,16H2,1-3H3/b28-26-. The van der Waals surface area contributed by atoms with Gasteiger partial charge in [0.05, 0.1) is 31.4 Å². The van der Waals surface area contributed by atoms with Crippen LogP contribution >= 0.6 is 0 Å². The van der Waals surface area contributed by atoms with E-state index >= 15 is 0 Å². The van der Waals surface area contributed by atoms with Crippen molar-refractivity contribution in [3.8, 4) is 23.0 Å². The van der Waals surface area contributed by atoms with Crippen LogP contribution in [0.4, 0.5) is 5.69 Å². The molecule has 1 amide bonds. The number of aromatic hydroxyl groups is 1. The summed E-state index contributed by atoms with van der Waals surface area (Å²) in [7, 11) is 0. The average Bonchev–Trinajstić information content (AvgIpc) is 3.19. The average molecular weight is 518 g/mol. The molecule has 1 unspecified atom stereocenters. The van der Waals surface area contributed by atoms with Gasteiger partial charge in [0.1, 0.15) is 17.3 Å². The first-order valence-corrected chi connectivity index (χ1v) is 12.6. The Kier molecular flexibility index (Phi) is 8.21. The Bertz CT molecular complexity index is 1350. The van der Waals surface area contributed by atoms with Crippen LogP contribution in [0.2, 0.25) is 0 Å². The fraction of sp³-hybridized carbons (Fsp3) is 0.267. The predicted octanol–water partition coefficient (Wildman–Crippen LogP) is 5.60. The molecule has 8 heteroatoms. The molecule has 8 nitrogen and oxygen atoms in total. The van der Waals surface area contributed by atoms with Crippen LogP contribution in [-0.4, -0.2) is 41.7 Å². The summed E-state index contributed by atoms with van der Waals surface area (Å²) < 4.78 is 16.8. The number of ketones is 1. The van der Waals surface area contributed by atoms with Gasteiger partial charge >= 0.3 is 0 Å². The SMILES string of the molecule is CCCOc1cccc(/C(O)=C2/C(=O)C(=O)N(c3ccc(OCC)cc3)C2c2ccc(O)c(OCC)c2)c1. The molecule has 0 bridgehead atoms. The van der Waals surface area contributed by atoms with Crippen molar-refractivity contribution in [1.29, 1.82) is 0 Å². The first-order valence-electron chi connectivity index (χ1n) is 12.6. The van der Waals surface area contributed by atoms with Gasteiger partial charge in [-0.25, -0.2) is 0 Å². The van der Waals surface area contributed by atoms with Gasteiger partial charge in [-0.15, -0.1) is 0 Å². The van der Waals surface area contributed by atoms with E-state index in [4.69, 9.17) is 14.2 Å². The highest BCUT2D eigenvalue weighted by Crippen LogP contribution is 2.44. The van der Waals surface area contributed by atoms with Crippen molar-refractivity contribution < 1.29 is 34.0 Å². The highest BCUT2D eigenvalue weighted by molar-refractivity contribution is 6.51. The van der Waals surface area contributed by atoms with E-state index < -0.39 is 17.7 Å². The number of phenols is 1. The Morgan fingerprint density at radius 1 is 0.868 bits per heavy atom. The van der Waals surface area contributed by atoms with Crippen molar-refractivity contribution in [2.45, 2.75) is 33.2 Å². The second-order valence-corrected chi connectivity index (χ2v) is 8.63. The number of hydrogen-bond acceptors (Lipinski definition) is 7. The van der Waals surface area contributed by atoms with Crippen molar-refractivity contribution in [2.24, 2.45) is 0 Å². The zero-order chi connectivity index (χ0) is 27.2. The number of carbonyl (C=O) groups excluding carboxylic acids is 2. The summed E-state index contributed by atoms with van der Waals surface area (Å²) in [4.78, 5) is 28.2. The molecule has 1 atom stereocenters. The van der Waals surface area contributed by atoms with Gasteiger partial charge in [-0.05, 0) is 74.4 Å². The minimum Gasteiger partial charge on any atom is -0.507 e. The minimum atomic E-state index is -0.979. The van der Waals surface area contributed by atoms with E-state index in [0.717, 1.165) is 6.42 Å². The number of benzene rings is 3. The van der Waals surface area contributed by atoms with Crippen LogP contribution in [0.3, 0.4) is 0 Å². The van der Waals surface area contributed by atoms with Crippen molar-refractivity contribution in [2.75, 3.05) is 24.7 Å². The van der Waals surface area contributed by atoms with E-state index in [9.17, 15) is 19.8 Å². The summed E-state index contributed by atoms with van der Waals surface area (Å²) in [5, 5.41) is 21.7. The molecule has 3 aromatic carbocycles. The van der Waals surface area contributed by atoms with Crippen molar-refractivity contribution >= 4 is 23.1 Å². The summed E-state index contributed by atoms with van der Waals surface area (Å²) in [6.07, 6.45) is 0.812. The number of phenolic OH excluding ortho intramolecular Hbond substituents is 1. The fourth-order valence-electron chi connectivity index (χ4n) is 4.36. The van der Waals surface area contributed by atoms with E-state index in [1.165, 1.54) is 11.0 Å². The minimum absolute atomic E-state index is 0.0746. The van der Waals surface area contributed by atoms with Crippen molar-refractivity contribution in [3.05, 3.63) is 83.4 Å². The first-order chi connectivity index (χ1) is 18.4. The second kappa shape index (κ2) is 11.7.